The van der Waals surface area contributed by atoms with E-state index in [1.54, 1.807) is 19.2 Å². The van der Waals surface area contributed by atoms with E-state index in [-0.39, 0.29) is 11.8 Å². The second kappa shape index (κ2) is 6.18. The first-order valence-electron chi connectivity index (χ1n) is 6.34. The third-order valence-electron chi connectivity index (χ3n) is 2.78. The van der Waals surface area contributed by atoms with Crippen LogP contribution in [0.25, 0.3) is 0 Å². The zero-order chi connectivity index (χ0) is 14.5. The minimum atomic E-state index is -0.280. The highest BCUT2D eigenvalue weighted by Gasteiger charge is 2.11. The van der Waals surface area contributed by atoms with Crippen LogP contribution in [-0.4, -0.2) is 23.2 Å². The van der Waals surface area contributed by atoms with Crippen LogP contribution in [0.3, 0.4) is 0 Å². The van der Waals surface area contributed by atoms with Crippen LogP contribution in [0.1, 0.15) is 41.7 Å². The van der Waals surface area contributed by atoms with Gasteiger partial charge >= 0.3 is 0 Å². The third kappa shape index (κ3) is 3.34. The Balaban J connectivity index is 1.97. The molecular formula is C14H17N3O3. The van der Waals surface area contributed by atoms with Crippen molar-refractivity contribution in [3.63, 3.8) is 0 Å². The fourth-order valence-electron chi connectivity index (χ4n) is 1.61. The number of ether oxygens (including phenoxy) is 1. The highest BCUT2D eigenvalue weighted by Crippen LogP contribution is 2.15. The molecule has 2 heterocycles. The van der Waals surface area contributed by atoms with E-state index in [4.69, 9.17) is 9.26 Å². The molecule has 2 rings (SSSR count). The summed E-state index contributed by atoms with van der Waals surface area (Å²) >= 11 is 0. The number of aromatic nitrogens is 2. The number of carbonyl (C=O) groups excluding carboxylic acids is 1. The summed E-state index contributed by atoms with van der Waals surface area (Å²) in [5.41, 5.74) is 0.988. The van der Waals surface area contributed by atoms with Gasteiger partial charge in [0, 0.05) is 24.2 Å². The molecule has 0 spiro atoms. The summed E-state index contributed by atoms with van der Waals surface area (Å²) in [5, 5.41) is 6.64. The predicted molar refractivity (Wildman–Crippen MR) is 72.6 cm³/mol. The summed E-state index contributed by atoms with van der Waals surface area (Å²) in [6.45, 7) is 4.33. The number of nitrogens with zero attached hydrogens (tertiary/aromatic N) is 2. The molecule has 1 amide bonds. The van der Waals surface area contributed by atoms with Crippen LogP contribution >= 0.6 is 0 Å². The first-order valence-corrected chi connectivity index (χ1v) is 6.34. The Hall–Kier alpha value is -2.37. The molecule has 2 aromatic heterocycles. The fourth-order valence-corrected chi connectivity index (χ4v) is 1.61. The Bertz CT molecular complexity index is 593. The maximum Gasteiger partial charge on any atom is 0.270 e. The Labute approximate surface area is 117 Å². The number of methoxy groups -OCH3 is 1. The Morgan fingerprint density at radius 1 is 1.45 bits per heavy atom. The van der Waals surface area contributed by atoms with E-state index in [0.29, 0.717) is 23.7 Å². The van der Waals surface area contributed by atoms with Gasteiger partial charge in [-0.05, 0) is 6.07 Å². The molecular weight excluding hydrogens is 258 g/mol. The molecule has 0 saturated heterocycles. The molecule has 6 heteroatoms. The van der Waals surface area contributed by atoms with Gasteiger partial charge in [0.1, 0.15) is 22.9 Å². The summed E-state index contributed by atoms with van der Waals surface area (Å²) in [6, 6.07) is 5.10. The molecule has 2 aromatic rings. The fraction of sp³-hybridized carbons (Fsp3) is 0.357. The number of rotatable bonds is 5. The van der Waals surface area contributed by atoms with Crippen molar-refractivity contribution in [2.75, 3.05) is 7.11 Å². The Kier molecular flexibility index (Phi) is 4.34. The number of amides is 1. The van der Waals surface area contributed by atoms with Crippen molar-refractivity contribution >= 4 is 5.91 Å². The highest BCUT2D eigenvalue weighted by atomic mass is 16.5. The standard InChI is InChI=1S/C14H17N3O3/c1-9(2)13-6-10(17-20-13)8-16-14(18)12-7-11(19-3)4-5-15-12/h4-7,9H,8H2,1-3H3,(H,16,18). The van der Waals surface area contributed by atoms with Gasteiger partial charge in [0.15, 0.2) is 0 Å². The van der Waals surface area contributed by atoms with Crippen molar-refractivity contribution in [3.05, 3.63) is 41.5 Å². The number of nitrogens with one attached hydrogen (secondary N) is 1. The second-order valence-electron chi connectivity index (χ2n) is 4.64. The van der Waals surface area contributed by atoms with Gasteiger partial charge in [-0.2, -0.15) is 0 Å². The van der Waals surface area contributed by atoms with Crippen molar-refractivity contribution in [3.8, 4) is 5.75 Å². The van der Waals surface area contributed by atoms with Crippen molar-refractivity contribution in [1.29, 1.82) is 0 Å². The SMILES string of the molecule is COc1ccnc(C(=O)NCc2cc(C(C)C)on2)c1. The largest absolute Gasteiger partial charge is 0.497 e. The van der Waals surface area contributed by atoms with Crippen LogP contribution < -0.4 is 10.1 Å². The number of hydrogen-bond acceptors (Lipinski definition) is 5. The van der Waals surface area contributed by atoms with Crippen LogP contribution in [-0.2, 0) is 6.54 Å². The van der Waals surface area contributed by atoms with Gasteiger partial charge in [0.2, 0.25) is 0 Å². The maximum absolute atomic E-state index is 11.9. The molecule has 0 radical (unpaired) electrons. The molecule has 0 fully saturated rings. The Morgan fingerprint density at radius 2 is 2.25 bits per heavy atom. The van der Waals surface area contributed by atoms with Gasteiger partial charge in [-0.3, -0.25) is 9.78 Å². The Morgan fingerprint density at radius 3 is 2.90 bits per heavy atom. The first-order chi connectivity index (χ1) is 9.60. The molecule has 20 heavy (non-hydrogen) atoms. The van der Waals surface area contributed by atoms with E-state index in [0.717, 1.165) is 5.76 Å². The van der Waals surface area contributed by atoms with E-state index >= 15 is 0 Å². The normalized spacial score (nSPS) is 10.6. The molecule has 0 aromatic carbocycles. The van der Waals surface area contributed by atoms with Gasteiger partial charge in [-0.15, -0.1) is 0 Å². The van der Waals surface area contributed by atoms with Crippen molar-refractivity contribution in [2.45, 2.75) is 26.3 Å². The quantitative estimate of drug-likeness (QED) is 0.904. The number of carbonyl (C=O) groups is 1. The molecule has 0 bridgehead atoms. The number of pyridine rings is 1. The maximum atomic E-state index is 11.9. The van der Waals surface area contributed by atoms with Crippen LogP contribution in [0.5, 0.6) is 5.75 Å². The summed E-state index contributed by atoms with van der Waals surface area (Å²) in [5.74, 6) is 1.38. The smallest absolute Gasteiger partial charge is 0.270 e. The molecule has 6 nitrogen and oxygen atoms in total. The molecule has 0 unspecified atom stereocenters. The lowest BCUT2D eigenvalue weighted by Gasteiger charge is -2.04. The van der Waals surface area contributed by atoms with E-state index in [1.807, 2.05) is 19.9 Å². The van der Waals surface area contributed by atoms with Gasteiger partial charge in [0.05, 0.1) is 13.7 Å². The lowest BCUT2D eigenvalue weighted by atomic mass is 10.1. The monoisotopic (exact) mass is 275 g/mol. The van der Waals surface area contributed by atoms with Crippen LogP contribution in [0, 0.1) is 0 Å². The van der Waals surface area contributed by atoms with Crippen LogP contribution in [0.4, 0.5) is 0 Å². The molecule has 0 saturated carbocycles. The van der Waals surface area contributed by atoms with Crippen molar-refractivity contribution < 1.29 is 14.1 Å². The zero-order valence-electron chi connectivity index (χ0n) is 11.7. The average Bonchev–Trinajstić information content (AvgIpc) is 2.94. The summed E-state index contributed by atoms with van der Waals surface area (Å²) in [6.07, 6.45) is 1.53. The van der Waals surface area contributed by atoms with Gasteiger partial charge in [-0.25, -0.2) is 0 Å². The first kappa shape index (κ1) is 14.0. The van der Waals surface area contributed by atoms with E-state index in [9.17, 15) is 4.79 Å². The number of hydrogen-bond donors (Lipinski definition) is 1. The van der Waals surface area contributed by atoms with E-state index in [1.165, 1.54) is 6.20 Å². The summed E-state index contributed by atoms with van der Waals surface area (Å²) in [7, 11) is 1.54. The van der Waals surface area contributed by atoms with Crippen LogP contribution in [0.2, 0.25) is 0 Å². The predicted octanol–water partition coefficient (Wildman–Crippen LogP) is 2.13. The average molecular weight is 275 g/mol. The van der Waals surface area contributed by atoms with Crippen molar-refractivity contribution in [1.82, 2.24) is 15.5 Å². The molecule has 0 aliphatic carbocycles. The lowest BCUT2D eigenvalue weighted by Crippen LogP contribution is -2.23. The summed E-state index contributed by atoms with van der Waals surface area (Å²) in [4.78, 5) is 15.9. The third-order valence-corrected chi connectivity index (χ3v) is 2.78. The molecule has 0 aliphatic rings. The zero-order valence-corrected chi connectivity index (χ0v) is 11.7. The lowest BCUT2D eigenvalue weighted by molar-refractivity contribution is 0.0944. The van der Waals surface area contributed by atoms with E-state index < -0.39 is 0 Å². The second-order valence-corrected chi connectivity index (χ2v) is 4.64. The molecule has 1 N–H and O–H groups in total. The topological polar surface area (TPSA) is 77.2 Å². The molecule has 106 valence electrons. The molecule has 0 aliphatic heterocycles. The minimum Gasteiger partial charge on any atom is -0.497 e. The summed E-state index contributed by atoms with van der Waals surface area (Å²) < 4.78 is 10.2. The van der Waals surface area contributed by atoms with Gasteiger partial charge < -0.3 is 14.6 Å². The van der Waals surface area contributed by atoms with Gasteiger partial charge in [0.25, 0.3) is 5.91 Å². The van der Waals surface area contributed by atoms with Crippen molar-refractivity contribution in [2.24, 2.45) is 0 Å². The van der Waals surface area contributed by atoms with Crippen LogP contribution in [0.15, 0.2) is 28.9 Å². The van der Waals surface area contributed by atoms with Gasteiger partial charge in [-0.1, -0.05) is 19.0 Å². The highest BCUT2D eigenvalue weighted by molar-refractivity contribution is 5.92. The minimum absolute atomic E-state index is 0.270. The van der Waals surface area contributed by atoms with E-state index in [2.05, 4.69) is 15.5 Å². The molecule has 0 atom stereocenters.